The van der Waals surface area contributed by atoms with Crippen LogP contribution in [0.5, 0.6) is 0 Å². The zero-order valence-electron chi connectivity index (χ0n) is 10.4. The van der Waals surface area contributed by atoms with E-state index in [0.29, 0.717) is 26.1 Å². The van der Waals surface area contributed by atoms with E-state index in [9.17, 15) is 9.90 Å². The van der Waals surface area contributed by atoms with Gasteiger partial charge in [0.25, 0.3) is 0 Å². The largest absolute Gasteiger partial charge is 0.392 e. The van der Waals surface area contributed by atoms with Crippen molar-refractivity contribution in [3.63, 3.8) is 0 Å². The predicted molar refractivity (Wildman–Crippen MR) is 63.6 cm³/mol. The number of aliphatic hydroxyl groups is 1. The Hall–Kier alpha value is -0.650. The molecule has 0 saturated carbocycles. The number of ether oxygens (including phenoxy) is 1. The minimum Gasteiger partial charge on any atom is -0.392 e. The van der Waals surface area contributed by atoms with Gasteiger partial charge in [-0.15, -0.1) is 0 Å². The number of piperidine rings is 1. The van der Waals surface area contributed by atoms with Gasteiger partial charge in [0.05, 0.1) is 18.2 Å². The van der Waals surface area contributed by atoms with Crippen LogP contribution in [-0.4, -0.2) is 60.4 Å². The highest BCUT2D eigenvalue weighted by Gasteiger charge is 2.33. The van der Waals surface area contributed by atoms with E-state index in [0.717, 1.165) is 19.4 Å². The van der Waals surface area contributed by atoms with Gasteiger partial charge in [0, 0.05) is 26.2 Å². The van der Waals surface area contributed by atoms with Crippen LogP contribution in [0, 0.1) is 0 Å². The van der Waals surface area contributed by atoms with Crippen molar-refractivity contribution in [2.45, 2.75) is 44.4 Å². The second kappa shape index (κ2) is 5.80. The third-order valence-corrected chi connectivity index (χ3v) is 3.50. The van der Waals surface area contributed by atoms with E-state index >= 15 is 0 Å². The van der Waals surface area contributed by atoms with Gasteiger partial charge >= 0.3 is 0 Å². The first-order valence-electron chi connectivity index (χ1n) is 6.52. The molecule has 2 N–H and O–H groups in total. The molecule has 0 aliphatic carbocycles. The maximum Gasteiger partial charge on any atom is 0.239 e. The number of amides is 1. The maximum absolute atomic E-state index is 12.2. The number of rotatable bonds is 3. The number of hydrogen-bond acceptors (Lipinski definition) is 4. The lowest BCUT2D eigenvalue weighted by molar-refractivity contribution is -0.137. The van der Waals surface area contributed by atoms with Crippen LogP contribution < -0.4 is 5.32 Å². The Morgan fingerprint density at radius 1 is 1.59 bits per heavy atom. The van der Waals surface area contributed by atoms with E-state index in [-0.39, 0.29) is 24.2 Å². The summed E-state index contributed by atoms with van der Waals surface area (Å²) in [5.41, 5.74) is 0. The van der Waals surface area contributed by atoms with Crippen molar-refractivity contribution in [2.24, 2.45) is 0 Å². The molecule has 0 aromatic heterocycles. The van der Waals surface area contributed by atoms with E-state index in [1.807, 2.05) is 11.8 Å². The summed E-state index contributed by atoms with van der Waals surface area (Å²) in [6.45, 7) is 4.72. The summed E-state index contributed by atoms with van der Waals surface area (Å²) < 4.78 is 5.58. The van der Waals surface area contributed by atoms with Crippen molar-refractivity contribution in [1.82, 2.24) is 10.2 Å². The van der Waals surface area contributed by atoms with E-state index in [1.54, 1.807) is 0 Å². The van der Waals surface area contributed by atoms with Crippen LogP contribution in [0.25, 0.3) is 0 Å². The lowest BCUT2D eigenvalue weighted by Crippen LogP contribution is -2.49. The van der Waals surface area contributed by atoms with Crippen LogP contribution in [0.2, 0.25) is 0 Å². The fourth-order valence-corrected chi connectivity index (χ4v) is 2.64. The number of hydrogen-bond donors (Lipinski definition) is 2. The molecule has 3 atom stereocenters. The van der Waals surface area contributed by atoms with Gasteiger partial charge in [0.1, 0.15) is 0 Å². The van der Waals surface area contributed by atoms with Crippen molar-refractivity contribution in [1.29, 1.82) is 0 Å². The molecule has 5 nitrogen and oxygen atoms in total. The zero-order valence-corrected chi connectivity index (χ0v) is 10.4. The summed E-state index contributed by atoms with van der Waals surface area (Å²) in [6.07, 6.45) is 2.39. The first-order chi connectivity index (χ1) is 8.20. The monoisotopic (exact) mass is 242 g/mol. The van der Waals surface area contributed by atoms with E-state index < -0.39 is 0 Å². The van der Waals surface area contributed by atoms with Gasteiger partial charge < -0.3 is 20.1 Å². The van der Waals surface area contributed by atoms with Gasteiger partial charge in [-0.25, -0.2) is 0 Å². The molecule has 0 aromatic carbocycles. The SMILES string of the molecule is CCO[C@@H]1CCCN(C(=O)[C@@H]2C[C@H](O)CN2)C1. The van der Waals surface area contributed by atoms with Gasteiger partial charge in [-0.3, -0.25) is 4.79 Å². The highest BCUT2D eigenvalue weighted by Crippen LogP contribution is 2.16. The molecule has 0 spiro atoms. The molecule has 2 fully saturated rings. The molecule has 0 bridgehead atoms. The zero-order chi connectivity index (χ0) is 12.3. The highest BCUT2D eigenvalue weighted by molar-refractivity contribution is 5.82. The van der Waals surface area contributed by atoms with Crippen molar-refractivity contribution in [3.05, 3.63) is 0 Å². The molecule has 2 rings (SSSR count). The lowest BCUT2D eigenvalue weighted by Gasteiger charge is -2.34. The van der Waals surface area contributed by atoms with Gasteiger partial charge in [-0.2, -0.15) is 0 Å². The summed E-state index contributed by atoms with van der Waals surface area (Å²) in [4.78, 5) is 14.1. The Morgan fingerprint density at radius 3 is 3.06 bits per heavy atom. The Morgan fingerprint density at radius 2 is 2.41 bits per heavy atom. The Kier molecular flexibility index (Phi) is 4.36. The molecule has 5 heteroatoms. The third-order valence-electron chi connectivity index (χ3n) is 3.50. The summed E-state index contributed by atoms with van der Waals surface area (Å²) in [5.74, 6) is 0.117. The molecule has 0 radical (unpaired) electrons. The van der Waals surface area contributed by atoms with E-state index in [1.165, 1.54) is 0 Å². The third kappa shape index (κ3) is 3.18. The standard InChI is InChI=1S/C12H22N2O3/c1-2-17-10-4-3-5-14(8-10)12(16)11-6-9(15)7-13-11/h9-11,13,15H,2-8H2,1H3/t9-,10+,11-/m0/s1. The predicted octanol–water partition coefficient (Wildman–Crippen LogP) is -0.263. The number of nitrogens with one attached hydrogen (secondary N) is 1. The molecule has 17 heavy (non-hydrogen) atoms. The summed E-state index contributed by atoms with van der Waals surface area (Å²) in [7, 11) is 0. The lowest BCUT2D eigenvalue weighted by atomic mass is 10.1. The summed E-state index contributed by atoms with van der Waals surface area (Å²) in [6, 6.07) is -0.203. The van der Waals surface area contributed by atoms with E-state index in [2.05, 4.69) is 5.32 Å². The smallest absolute Gasteiger partial charge is 0.239 e. The van der Waals surface area contributed by atoms with Crippen molar-refractivity contribution in [2.75, 3.05) is 26.2 Å². The Labute approximate surface area is 102 Å². The molecular formula is C12H22N2O3. The quantitative estimate of drug-likeness (QED) is 0.715. The van der Waals surface area contributed by atoms with Crippen LogP contribution >= 0.6 is 0 Å². The molecule has 1 amide bonds. The average molecular weight is 242 g/mol. The number of carbonyl (C=O) groups excluding carboxylic acids is 1. The first kappa shape index (κ1) is 12.8. The van der Waals surface area contributed by atoms with Crippen LogP contribution in [0.3, 0.4) is 0 Å². The van der Waals surface area contributed by atoms with Gasteiger partial charge in [0.15, 0.2) is 0 Å². The molecule has 0 aromatic rings. The molecule has 2 aliphatic rings. The first-order valence-corrected chi connectivity index (χ1v) is 6.52. The molecule has 98 valence electrons. The molecule has 2 aliphatic heterocycles. The van der Waals surface area contributed by atoms with Gasteiger partial charge in [-0.1, -0.05) is 0 Å². The summed E-state index contributed by atoms with van der Waals surface area (Å²) >= 11 is 0. The Bertz CT molecular complexity index is 270. The minimum absolute atomic E-state index is 0.117. The Balaban J connectivity index is 1.86. The minimum atomic E-state index is -0.378. The fraction of sp³-hybridized carbons (Fsp3) is 0.917. The number of nitrogens with zero attached hydrogens (tertiary/aromatic N) is 1. The fourth-order valence-electron chi connectivity index (χ4n) is 2.64. The van der Waals surface area contributed by atoms with Crippen molar-refractivity contribution >= 4 is 5.91 Å². The van der Waals surface area contributed by atoms with Gasteiger partial charge in [0.2, 0.25) is 5.91 Å². The maximum atomic E-state index is 12.2. The highest BCUT2D eigenvalue weighted by atomic mass is 16.5. The second-order valence-corrected chi connectivity index (χ2v) is 4.85. The van der Waals surface area contributed by atoms with E-state index in [4.69, 9.17) is 4.74 Å². The van der Waals surface area contributed by atoms with Crippen LogP contribution in [0.1, 0.15) is 26.2 Å². The molecule has 2 saturated heterocycles. The number of β-amino-alcohol motifs (C(OH)–C–C–N with tert-alkyl or cyclic N) is 1. The van der Waals surface area contributed by atoms with Crippen molar-refractivity contribution < 1.29 is 14.6 Å². The van der Waals surface area contributed by atoms with Crippen LogP contribution in [-0.2, 0) is 9.53 Å². The molecule has 0 unspecified atom stereocenters. The molecule has 2 heterocycles. The van der Waals surface area contributed by atoms with Gasteiger partial charge in [-0.05, 0) is 26.2 Å². The molecular weight excluding hydrogens is 220 g/mol. The van der Waals surface area contributed by atoms with Crippen molar-refractivity contribution in [3.8, 4) is 0 Å². The number of aliphatic hydroxyl groups excluding tert-OH is 1. The normalized spacial score (nSPS) is 34.0. The number of likely N-dealkylation sites (tertiary alicyclic amines) is 1. The number of carbonyl (C=O) groups is 1. The second-order valence-electron chi connectivity index (χ2n) is 4.85. The van der Waals surface area contributed by atoms with Crippen LogP contribution in [0.4, 0.5) is 0 Å². The summed E-state index contributed by atoms with van der Waals surface area (Å²) in [5, 5.41) is 12.5. The van der Waals surface area contributed by atoms with Crippen LogP contribution in [0.15, 0.2) is 0 Å². The average Bonchev–Trinajstić information content (AvgIpc) is 2.76. The topological polar surface area (TPSA) is 61.8 Å².